The number of nitrogens with zero attached hydrogens (tertiary/aromatic N) is 2. The van der Waals surface area contributed by atoms with E-state index < -0.39 is 23.9 Å². The normalized spacial score (nSPS) is 39.7. The van der Waals surface area contributed by atoms with E-state index >= 15 is 0 Å². The minimum Gasteiger partial charge on any atom is -0.448 e. The number of fused-ring (bicyclic) bond motifs is 2. The minimum atomic E-state index is -0.842. The highest BCUT2D eigenvalue weighted by Crippen LogP contribution is 2.59. The topological polar surface area (TPSA) is 133 Å². The third-order valence-corrected chi connectivity index (χ3v) is 8.10. The number of aliphatic imine (C=N–C) groups is 1. The second-order valence-corrected chi connectivity index (χ2v) is 10.4. The van der Waals surface area contributed by atoms with Crippen LogP contribution in [0.25, 0.3) is 0 Å². The summed E-state index contributed by atoms with van der Waals surface area (Å²) in [5.41, 5.74) is 0.101. The van der Waals surface area contributed by atoms with Gasteiger partial charge < -0.3 is 24.5 Å². The molecule has 1 aliphatic carbocycles. The zero-order chi connectivity index (χ0) is 24.6. The monoisotopic (exact) mass is 490 g/mol. The Morgan fingerprint density at radius 3 is 2.97 bits per heavy atom. The molecule has 0 radical (unpaired) electrons. The number of hydrogen-bond acceptors (Lipinski definition) is 9. The lowest BCUT2D eigenvalue weighted by molar-refractivity contribution is -0.557. The molecule has 8 atom stereocenters. The maximum Gasteiger partial charge on any atom is 0.295 e. The van der Waals surface area contributed by atoms with E-state index in [1.54, 1.807) is 6.20 Å². The Kier molecular flexibility index (Phi) is 6.58. The van der Waals surface area contributed by atoms with Gasteiger partial charge in [-0.25, -0.2) is 14.8 Å². The van der Waals surface area contributed by atoms with Crippen LogP contribution < -0.4 is 5.32 Å². The molecule has 1 saturated carbocycles. The molecule has 192 valence electrons. The molecular formula is C24H34N4O7. The van der Waals surface area contributed by atoms with Gasteiger partial charge in [-0.05, 0) is 32.1 Å². The van der Waals surface area contributed by atoms with Crippen LogP contribution in [0.15, 0.2) is 17.5 Å². The molecule has 4 saturated heterocycles. The van der Waals surface area contributed by atoms with E-state index in [4.69, 9.17) is 24.0 Å². The molecule has 4 aliphatic heterocycles. The number of ether oxygens (including phenoxy) is 3. The molecule has 1 spiro atoms. The molecule has 2 bridgehead atoms. The molecule has 6 rings (SSSR count). The number of aromatic nitrogens is 2. The number of carbonyl (C=O) groups is 2. The number of rotatable bonds is 8. The second kappa shape index (κ2) is 9.51. The lowest BCUT2D eigenvalue weighted by Gasteiger charge is -2.58. The molecule has 5 heterocycles. The zero-order valence-electron chi connectivity index (χ0n) is 20.4. The molecule has 1 amide bonds. The maximum atomic E-state index is 12.5. The van der Waals surface area contributed by atoms with E-state index in [2.05, 4.69) is 34.1 Å². The summed E-state index contributed by atoms with van der Waals surface area (Å²) >= 11 is 0. The highest BCUT2D eigenvalue weighted by molar-refractivity contribution is 5.81. The van der Waals surface area contributed by atoms with E-state index in [-0.39, 0.29) is 36.6 Å². The number of imidazole rings is 1. The van der Waals surface area contributed by atoms with E-state index in [1.807, 2.05) is 6.92 Å². The van der Waals surface area contributed by atoms with Gasteiger partial charge in [0, 0.05) is 48.9 Å². The molecule has 35 heavy (non-hydrogen) atoms. The maximum absolute atomic E-state index is 12.5. The van der Waals surface area contributed by atoms with Crippen molar-refractivity contribution in [3.63, 3.8) is 0 Å². The lowest BCUT2D eigenvalue weighted by atomic mass is 9.58. The predicted octanol–water partition coefficient (Wildman–Crippen LogP) is 2.24. The van der Waals surface area contributed by atoms with Gasteiger partial charge >= 0.3 is 0 Å². The van der Waals surface area contributed by atoms with Crippen molar-refractivity contribution in [3.8, 4) is 0 Å². The van der Waals surface area contributed by atoms with Crippen LogP contribution in [0.2, 0.25) is 0 Å². The van der Waals surface area contributed by atoms with Crippen LogP contribution in [-0.2, 0) is 40.0 Å². The van der Waals surface area contributed by atoms with Crippen LogP contribution in [0, 0.1) is 23.7 Å². The van der Waals surface area contributed by atoms with Gasteiger partial charge in [0.15, 0.2) is 17.7 Å². The number of carbonyl (C=O) groups excluding carboxylic acids is 2. The van der Waals surface area contributed by atoms with E-state index in [1.165, 1.54) is 6.33 Å². The third-order valence-electron chi connectivity index (χ3n) is 8.10. The van der Waals surface area contributed by atoms with Gasteiger partial charge in [-0.15, -0.1) is 0 Å². The molecule has 1 aromatic heterocycles. The summed E-state index contributed by atoms with van der Waals surface area (Å²) in [6.07, 6.45) is 5.98. The molecule has 11 nitrogen and oxygen atoms in total. The Hall–Kier alpha value is -2.50. The van der Waals surface area contributed by atoms with E-state index in [0.717, 1.165) is 31.4 Å². The largest absolute Gasteiger partial charge is 0.448 e. The summed E-state index contributed by atoms with van der Waals surface area (Å²) in [7, 11) is 0. The number of H-pyrrole nitrogens is 1. The molecule has 5 fully saturated rings. The van der Waals surface area contributed by atoms with Gasteiger partial charge in [0.1, 0.15) is 0 Å². The van der Waals surface area contributed by atoms with Gasteiger partial charge in [-0.2, -0.15) is 0 Å². The van der Waals surface area contributed by atoms with Crippen molar-refractivity contribution in [1.82, 2.24) is 15.3 Å². The smallest absolute Gasteiger partial charge is 0.295 e. The summed E-state index contributed by atoms with van der Waals surface area (Å²) in [6.45, 7) is 6.82. The fourth-order valence-electron chi connectivity index (χ4n) is 6.27. The Bertz CT molecular complexity index is 956. The van der Waals surface area contributed by atoms with E-state index in [9.17, 15) is 9.59 Å². The fourth-order valence-corrected chi connectivity index (χ4v) is 6.27. The van der Waals surface area contributed by atoms with Crippen LogP contribution in [0.1, 0.15) is 58.6 Å². The summed E-state index contributed by atoms with van der Waals surface area (Å²) in [5.74, 6) is 0.400. The fraction of sp³-hybridized carbons (Fsp3) is 0.750. The van der Waals surface area contributed by atoms with Gasteiger partial charge in [-0.3, -0.25) is 14.6 Å². The molecule has 0 aromatic carbocycles. The molecule has 11 heteroatoms. The first kappa shape index (κ1) is 24.2. The molecule has 8 unspecified atom stereocenters. The van der Waals surface area contributed by atoms with Crippen molar-refractivity contribution in [1.29, 1.82) is 0 Å². The standard InChI is InChI=1S/C24H34N4O7/c1-14-4-5-18-15(2)21(32-22-24(18)17(14)6-8-23(3,33-22)34-35-24)26-9-7-19(30)28-20(31-13-29)10-16-11-25-12-27-16/h11-15,17-18,20,22H,4-10H2,1-3H3,(H,25,27)(H,28,30). The SMILES string of the molecule is CC1CCC2C(C)C(=NCCC(=O)NC(Cc3cnc[nH]3)OC=O)OC3OC4(C)CCC1C32OO4. The highest BCUT2D eigenvalue weighted by Gasteiger charge is 2.69. The number of hydrogen-bond donors (Lipinski definition) is 2. The Balaban J connectivity index is 1.25. The average molecular weight is 491 g/mol. The van der Waals surface area contributed by atoms with Crippen LogP contribution in [0.5, 0.6) is 0 Å². The van der Waals surface area contributed by atoms with Crippen molar-refractivity contribution in [2.75, 3.05) is 6.54 Å². The van der Waals surface area contributed by atoms with Crippen LogP contribution in [0.4, 0.5) is 0 Å². The summed E-state index contributed by atoms with van der Waals surface area (Å²) in [5, 5.41) is 2.71. The van der Waals surface area contributed by atoms with Crippen LogP contribution in [0.3, 0.4) is 0 Å². The van der Waals surface area contributed by atoms with Crippen molar-refractivity contribution in [3.05, 3.63) is 18.2 Å². The molecular weight excluding hydrogens is 456 g/mol. The van der Waals surface area contributed by atoms with Gasteiger partial charge in [0.25, 0.3) is 6.47 Å². The molecule has 1 aromatic rings. The van der Waals surface area contributed by atoms with Crippen molar-refractivity contribution < 1.29 is 33.6 Å². The number of amides is 1. The quantitative estimate of drug-likeness (QED) is 0.322. The van der Waals surface area contributed by atoms with Crippen molar-refractivity contribution >= 4 is 18.3 Å². The lowest BCUT2D eigenvalue weighted by Crippen LogP contribution is -2.69. The van der Waals surface area contributed by atoms with Gasteiger partial charge in [0.05, 0.1) is 12.9 Å². The minimum absolute atomic E-state index is 0.00508. The predicted molar refractivity (Wildman–Crippen MR) is 121 cm³/mol. The zero-order valence-corrected chi connectivity index (χ0v) is 20.4. The third kappa shape index (κ3) is 4.45. The number of aromatic amines is 1. The summed E-state index contributed by atoms with van der Waals surface area (Å²) < 4.78 is 17.7. The molecule has 2 N–H and O–H groups in total. The number of nitrogens with one attached hydrogen (secondary N) is 2. The first-order valence-corrected chi connectivity index (χ1v) is 12.5. The first-order valence-electron chi connectivity index (χ1n) is 12.5. The molecule has 5 aliphatic rings. The van der Waals surface area contributed by atoms with Crippen LogP contribution in [-0.4, -0.2) is 58.7 Å². The van der Waals surface area contributed by atoms with Crippen molar-refractivity contribution in [2.45, 2.75) is 83.2 Å². The van der Waals surface area contributed by atoms with Gasteiger partial charge in [0.2, 0.25) is 18.0 Å². The Labute approximate surface area is 204 Å². The van der Waals surface area contributed by atoms with Crippen molar-refractivity contribution in [2.24, 2.45) is 28.7 Å². The van der Waals surface area contributed by atoms with Crippen LogP contribution >= 0.6 is 0 Å². The van der Waals surface area contributed by atoms with Gasteiger partial charge in [-0.1, -0.05) is 13.8 Å². The highest BCUT2D eigenvalue weighted by atomic mass is 17.3. The Morgan fingerprint density at radius 1 is 1.34 bits per heavy atom. The second-order valence-electron chi connectivity index (χ2n) is 10.4. The average Bonchev–Trinajstić information content (AvgIpc) is 3.22. The first-order chi connectivity index (χ1) is 16.8. The Morgan fingerprint density at radius 2 is 2.20 bits per heavy atom. The summed E-state index contributed by atoms with van der Waals surface area (Å²) in [6, 6.07) is 0. The summed E-state index contributed by atoms with van der Waals surface area (Å²) in [4.78, 5) is 46.8. The van der Waals surface area contributed by atoms with E-state index in [0.29, 0.717) is 24.7 Å².